The number of benzene rings is 2. The summed E-state index contributed by atoms with van der Waals surface area (Å²) in [6, 6.07) is 21.4. The van der Waals surface area contributed by atoms with E-state index in [1.807, 2.05) is 54.2 Å². The average Bonchev–Trinajstić information content (AvgIpc) is 3.88. The predicted octanol–water partition coefficient (Wildman–Crippen LogP) is 9.00. The highest BCUT2D eigenvalue weighted by molar-refractivity contribution is 8.13. The molecule has 0 radical (unpaired) electrons. The lowest BCUT2D eigenvalue weighted by molar-refractivity contribution is -0.145. The number of thioether (sulfide) groups is 1. The second-order valence-corrected chi connectivity index (χ2v) is 16.8. The first-order valence-corrected chi connectivity index (χ1v) is 19.4. The van der Waals surface area contributed by atoms with Crippen LogP contribution in [-0.2, 0) is 21.7 Å². The summed E-state index contributed by atoms with van der Waals surface area (Å²) in [4.78, 5) is 33.1. The molecular formula is C43H44FN3O5S. The molecule has 0 spiro atoms. The largest absolute Gasteiger partial charge is 0.457 e. The van der Waals surface area contributed by atoms with E-state index in [4.69, 9.17) is 19.2 Å². The first-order valence-electron chi connectivity index (χ1n) is 18.4. The standard InChI is InChI=1S/C43H44FN3O5S/c1-26(48)38-33(18-12-29-22-36-28(23-42(29,38)4)24-45-47(36)32-16-13-30(44)14-17-32)34-19-20-43(41(34,2)3,52-39(49)37-10-7-21-51-37)40(50)53-25-31-15-11-27-8-5-6-9-35(27)46-31/h5-11,13-17,21-22,24,26,33-34,38,48H,12,18-20,23,25H2,1-4H3. The first kappa shape index (κ1) is 35.5. The Morgan fingerprint density at radius 1 is 1.06 bits per heavy atom. The van der Waals surface area contributed by atoms with Gasteiger partial charge in [0, 0.05) is 16.6 Å². The monoisotopic (exact) mass is 733 g/mol. The van der Waals surface area contributed by atoms with Crippen LogP contribution in [0.4, 0.5) is 4.39 Å². The van der Waals surface area contributed by atoms with Crippen molar-refractivity contribution in [2.45, 2.75) is 77.3 Å². The molecule has 10 heteroatoms. The predicted molar refractivity (Wildman–Crippen MR) is 203 cm³/mol. The molecule has 53 heavy (non-hydrogen) atoms. The molecule has 2 fully saturated rings. The number of aromatic nitrogens is 3. The second kappa shape index (κ2) is 13.4. The van der Waals surface area contributed by atoms with Crippen LogP contribution in [0.2, 0.25) is 0 Å². The number of pyridine rings is 1. The summed E-state index contributed by atoms with van der Waals surface area (Å²) in [5.74, 6) is -0.678. The van der Waals surface area contributed by atoms with Crippen LogP contribution < -0.4 is 0 Å². The van der Waals surface area contributed by atoms with E-state index in [2.05, 4.69) is 26.8 Å². The van der Waals surface area contributed by atoms with Crippen LogP contribution in [0.1, 0.15) is 80.9 Å². The molecule has 6 atom stereocenters. The van der Waals surface area contributed by atoms with Gasteiger partial charge in [0.1, 0.15) is 5.82 Å². The van der Waals surface area contributed by atoms with Gasteiger partial charge in [-0.15, -0.1) is 0 Å². The van der Waals surface area contributed by atoms with Crippen LogP contribution in [0.15, 0.2) is 95.2 Å². The van der Waals surface area contributed by atoms with Crippen LogP contribution in [0, 0.1) is 34.4 Å². The number of rotatable bonds is 8. The lowest BCUT2D eigenvalue weighted by Gasteiger charge is -2.55. The Morgan fingerprint density at radius 2 is 1.85 bits per heavy atom. The number of hydrogen-bond acceptors (Lipinski definition) is 8. The maximum Gasteiger partial charge on any atom is 0.375 e. The second-order valence-electron chi connectivity index (χ2n) is 15.8. The van der Waals surface area contributed by atoms with E-state index in [0.717, 1.165) is 58.1 Å². The molecule has 3 heterocycles. The Balaban J connectivity index is 1.10. The fraction of sp³-hybridized carbons (Fsp3) is 0.395. The molecule has 0 bridgehead atoms. The zero-order valence-electron chi connectivity index (χ0n) is 30.4. The molecule has 8 nitrogen and oxygen atoms in total. The van der Waals surface area contributed by atoms with Gasteiger partial charge in [0.2, 0.25) is 10.9 Å². The molecule has 2 saturated carbocycles. The molecule has 0 saturated heterocycles. The zero-order chi connectivity index (χ0) is 37.1. The zero-order valence-corrected chi connectivity index (χ0v) is 31.2. The van der Waals surface area contributed by atoms with Gasteiger partial charge in [-0.3, -0.25) is 9.78 Å². The number of allylic oxidation sites excluding steroid dienone is 1. The van der Waals surface area contributed by atoms with E-state index in [-0.39, 0.29) is 39.9 Å². The summed E-state index contributed by atoms with van der Waals surface area (Å²) in [6.45, 7) is 8.26. The van der Waals surface area contributed by atoms with Gasteiger partial charge in [-0.1, -0.05) is 62.4 Å². The molecule has 3 aliphatic rings. The van der Waals surface area contributed by atoms with Crippen LogP contribution in [-0.4, -0.2) is 42.7 Å². The third kappa shape index (κ3) is 5.94. The van der Waals surface area contributed by atoms with Crippen molar-refractivity contribution in [2.24, 2.45) is 28.6 Å². The summed E-state index contributed by atoms with van der Waals surface area (Å²) in [7, 11) is 0. The topological polar surface area (TPSA) is 107 Å². The Hall–Kier alpha value is -4.54. The maximum atomic E-state index is 14.7. The first-order chi connectivity index (χ1) is 25.4. The number of hydrogen-bond donors (Lipinski definition) is 1. The fourth-order valence-electron chi connectivity index (χ4n) is 10.0. The number of para-hydroxylation sites is 1. The van der Waals surface area contributed by atoms with Gasteiger partial charge < -0.3 is 14.3 Å². The van der Waals surface area contributed by atoms with E-state index in [0.29, 0.717) is 25.0 Å². The minimum absolute atomic E-state index is 0.0310. The Labute approximate surface area is 312 Å². The molecule has 274 valence electrons. The molecule has 2 aromatic carbocycles. The van der Waals surface area contributed by atoms with E-state index >= 15 is 0 Å². The smallest absolute Gasteiger partial charge is 0.375 e. The Kier molecular flexibility index (Phi) is 8.97. The summed E-state index contributed by atoms with van der Waals surface area (Å²) >= 11 is 1.14. The van der Waals surface area contributed by atoms with Crippen molar-refractivity contribution in [2.75, 3.05) is 0 Å². The lowest BCUT2D eigenvalue weighted by atomic mass is 9.50. The molecular weight excluding hydrogens is 690 g/mol. The number of carbonyl (C=O) groups is 2. The highest BCUT2D eigenvalue weighted by Crippen LogP contribution is 2.64. The van der Waals surface area contributed by atoms with Crippen molar-refractivity contribution in [1.29, 1.82) is 0 Å². The molecule has 0 aliphatic heterocycles. The SMILES string of the molecule is CC(O)C1C(C2CCC(OC(=O)c3ccco3)(C(=O)SCc3ccc4ccccc4n3)C2(C)C)CCC2=Cc3c(cnn3-c3ccc(F)cc3)CC21C. The Bertz CT molecular complexity index is 2210. The van der Waals surface area contributed by atoms with Crippen molar-refractivity contribution < 1.29 is 28.2 Å². The van der Waals surface area contributed by atoms with Gasteiger partial charge in [0.25, 0.3) is 0 Å². The van der Waals surface area contributed by atoms with Gasteiger partial charge in [0.15, 0.2) is 5.60 Å². The van der Waals surface area contributed by atoms with Gasteiger partial charge in [-0.25, -0.2) is 13.9 Å². The molecule has 3 aliphatic carbocycles. The molecule has 1 N–H and O–H groups in total. The van der Waals surface area contributed by atoms with Gasteiger partial charge in [0.05, 0.1) is 41.2 Å². The molecule has 6 unspecified atom stereocenters. The number of halogens is 1. The van der Waals surface area contributed by atoms with E-state index < -0.39 is 23.1 Å². The highest BCUT2D eigenvalue weighted by Gasteiger charge is 2.65. The highest BCUT2D eigenvalue weighted by atomic mass is 32.2. The number of ether oxygens (including phenoxy) is 1. The normalized spacial score (nSPS) is 26.8. The number of carbonyl (C=O) groups excluding carboxylic acids is 2. The molecule has 3 aromatic heterocycles. The van der Waals surface area contributed by atoms with Crippen molar-refractivity contribution in [3.63, 3.8) is 0 Å². The number of esters is 1. The quantitative estimate of drug-likeness (QED) is 0.158. The van der Waals surface area contributed by atoms with E-state index in [1.54, 1.807) is 24.3 Å². The van der Waals surface area contributed by atoms with Crippen LogP contribution in [0.25, 0.3) is 22.7 Å². The third-order valence-electron chi connectivity index (χ3n) is 12.6. The summed E-state index contributed by atoms with van der Waals surface area (Å²) in [5, 5.41) is 17.2. The van der Waals surface area contributed by atoms with E-state index in [9.17, 15) is 19.1 Å². The number of fused-ring (bicyclic) bond motifs is 3. The Morgan fingerprint density at radius 3 is 2.60 bits per heavy atom. The molecule has 8 rings (SSSR count). The number of furan rings is 1. The molecule has 0 amide bonds. The number of aliphatic hydroxyl groups is 1. The van der Waals surface area contributed by atoms with Crippen LogP contribution in [0.3, 0.4) is 0 Å². The van der Waals surface area contributed by atoms with Crippen molar-refractivity contribution >= 4 is 39.8 Å². The summed E-state index contributed by atoms with van der Waals surface area (Å²) in [6.07, 6.45) is 8.25. The van der Waals surface area contributed by atoms with Crippen LogP contribution in [0.5, 0.6) is 0 Å². The summed E-state index contributed by atoms with van der Waals surface area (Å²) < 4.78 is 27.4. The average molecular weight is 734 g/mol. The third-order valence-corrected chi connectivity index (χ3v) is 13.7. The fourth-order valence-corrected chi connectivity index (χ4v) is 11.1. The van der Waals surface area contributed by atoms with Crippen molar-refractivity contribution in [3.8, 4) is 5.69 Å². The van der Waals surface area contributed by atoms with Crippen LogP contribution >= 0.6 is 11.8 Å². The van der Waals surface area contributed by atoms with E-state index in [1.165, 1.54) is 24.0 Å². The minimum Gasteiger partial charge on any atom is -0.457 e. The van der Waals surface area contributed by atoms with Gasteiger partial charge in [-0.2, -0.15) is 5.10 Å². The van der Waals surface area contributed by atoms with Gasteiger partial charge in [-0.05, 0) is 122 Å². The maximum absolute atomic E-state index is 14.7. The van der Waals surface area contributed by atoms with Crippen molar-refractivity contribution in [1.82, 2.24) is 14.8 Å². The number of nitrogens with zero attached hydrogens (tertiary/aromatic N) is 3. The lowest BCUT2D eigenvalue weighted by Crippen LogP contribution is -2.55. The summed E-state index contributed by atoms with van der Waals surface area (Å²) in [5.41, 5.74) is 3.17. The minimum atomic E-state index is -1.43. The number of aliphatic hydroxyl groups excluding tert-OH is 1. The van der Waals surface area contributed by atoms with Crippen molar-refractivity contribution in [3.05, 3.63) is 119 Å². The molecule has 5 aromatic rings. The van der Waals surface area contributed by atoms with Gasteiger partial charge >= 0.3 is 5.97 Å².